The Labute approximate surface area is 95.6 Å². The number of halogens is 1. The molecule has 1 unspecified atom stereocenters. The van der Waals surface area contributed by atoms with E-state index in [4.69, 9.17) is 0 Å². The Balaban J connectivity index is 3.85. The second-order valence-corrected chi connectivity index (χ2v) is 5.06. The third-order valence-electron chi connectivity index (χ3n) is 2.07. The molecule has 84 valence electrons. The van der Waals surface area contributed by atoms with Gasteiger partial charge in [-0.1, -0.05) is 15.9 Å². The van der Waals surface area contributed by atoms with Crippen LogP contribution in [0.3, 0.4) is 0 Å². The SMILES string of the molecule is CCN(CCCN(C)C)C(=O)C(C)Br. The Morgan fingerprint density at radius 3 is 2.29 bits per heavy atom. The maximum atomic E-state index is 11.6. The van der Waals surface area contributed by atoms with Crippen molar-refractivity contribution in [3.8, 4) is 0 Å². The maximum absolute atomic E-state index is 11.6. The molecule has 0 fully saturated rings. The van der Waals surface area contributed by atoms with Crippen LogP contribution in [0.15, 0.2) is 0 Å². The minimum Gasteiger partial charge on any atom is -0.342 e. The van der Waals surface area contributed by atoms with Gasteiger partial charge in [0.05, 0.1) is 4.83 Å². The predicted octanol–water partition coefficient (Wildman–Crippen LogP) is 1.57. The summed E-state index contributed by atoms with van der Waals surface area (Å²) in [6.45, 7) is 6.56. The summed E-state index contributed by atoms with van der Waals surface area (Å²) in [5.74, 6) is 0.186. The monoisotopic (exact) mass is 264 g/mol. The molecule has 0 rings (SSSR count). The first-order valence-corrected chi connectivity index (χ1v) is 5.98. The Morgan fingerprint density at radius 2 is 1.93 bits per heavy atom. The summed E-state index contributed by atoms with van der Waals surface area (Å²) in [4.78, 5) is 15.6. The van der Waals surface area contributed by atoms with Gasteiger partial charge in [0.15, 0.2) is 0 Å². The molecule has 1 amide bonds. The van der Waals surface area contributed by atoms with E-state index in [-0.39, 0.29) is 10.7 Å². The molecule has 0 aromatic carbocycles. The number of hydrogen-bond acceptors (Lipinski definition) is 2. The molecule has 0 bridgehead atoms. The Kier molecular flexibility index (Phi) is 7.19. The third-order valence-corrected chi connectivity index (χ3v) is 2.46. The zero-order valence-corrected chi connectivity index (χ0v) is 11.2. The lowest BCUT2D eigenvalue weighted by molar-refractivity contribution is -0.130. The fourth-order valence-corrected chi connectivity index (χ4v) is 1.54. The highest BCUT2D eigenvalue weighted by Gasteiger charge is 2.15. The summed E-state index contributed by atoms with van der Waals surface area (Å²) in [6.07, 6.45) is 1.03. The van der Waals surface area contributed by atoms with Gasteiger partial charge in [-0.2, -0.15) is 0 Å². The van der Waals surface area contributed by atoms with Gasteiger partial charge in [-0.15, -0.1) is 0 Å². The molecule has 1 atom stereocenters. The van der Waals surface area contributed by atoms with Crippen molar-refractivity contribution in [2.24, 2.45) is 0 Å². The van der Waals surface area contributed by atoms with Crippen molar-refractivity contribution in [1.29, 1.82) is 0 Å². The van der Waals surface area contributed by atoms with E-state index < -0.39 is 0 Å². The first kappa shape index (κ1) is 13.9. The molecule has 0 saturated carbocycles. The number of carbonyl (C=O) groups is 1. The van der Waals surface area contributed by atoms with Crippen LogP contribution in [0.4, 0.5) is 0 Å². The molecule has 0 aromatic rings. The van der Waals surface area contributed by atoms with E-state index in [0.717, 1.165) is 26.1 Å². The molecule has 3 nitrogen and oxygen atoms in total. The number of nitrogens with zero attached hydrogens (tertiary/aromatic N) is 2. The number of amides is 1. The van der Waals surface area contributed by atoms with E-state index in [1.165, 1.54) is 0 Å². The summed E-state index contributed by atoms with van der Waals surface area (Å²) in [5, 5.41) is 0. The van der Waals surface area contributed by atoms with Crippen molar-refractivity contribution in [3.05, 3.63) is 0 Å². The van der Waals surface area contributed by atoms with Gasteiger partial charge < -0.3 is 9.80 Å². The largest absolute Gasteiger partial charge is 0.342 e. The van der Waals surface area contributed by atoms with Gasteiger partial charge in [0.25, 0.3) is 0 Å². The van der Waals surface area contributed by atoms with Gasteiger partial charge >= 0.3 is 0 Å². The predicted molar refractivity (Wildman–Crippen MR) is 63.8 cm³/mol. The molecule has 0 aliphatic heterocycles. The molecule has 0 saturated heterocycles. The lowest BCUT2D eigenvalue weighted by Crippen LogP contribution is -2.37. The zero-order valence-electron chi connectivity index (χ0n) is 9.59. The van der Waals surface area contributed by atoms with Crippen LogP contribution in [0, 0.1) is 0 Å². The summed E-state index contributed by atoms with van der Waals surface area (Å²) in [5.41, 5.74) is 0. The number of carbonyl (C=O) groups excluding carboxylic acids is 1. The Hall–Kier alpha value is -0.0900. The van der Waals surface area contributed by atoms with Gasteiger partial charge in [0.2, 0.25) is 5.91 Å². The first-order chi connectivity index (χ1) is 6.49. The summed E-state index contributed by atoms with van der Waals surface area (Å²) >= 11 is 3.30. The van der Waals surface area contributed by atoms with Gasteiger partial charge in [0.1, 0.15) is 0 Å². The van der Waals surface area contributed by atoms with Gasteiger partial charge in [-0.25, -0.2) is 0 Å². The van der Waals surface area contributed by atoms with Gasteiger partial charge in [-0.3, -0.25) is 4.79 Å². The Bertz CT molecular complexity index is 172. The maximum Gasteiger partial charge on any atom is 0.236 e. The zero-order chi connectivity index (χ0) is 11.1. The van der Waals surface area contributed by atoms with E-state index in [0.29, 0.717) is 0 Å². The molecular formula is C10H21BrN2O. The molecule has 0 heterocycles. The van der Waals surface area contributed by atoms with Crippen molar-refractivity contribution in [1.82, 2.24) is 9.80 Å². The van der Waals surface area contributed by atoms with Crippen LogP contribution >= 0.6 is 15.9 Å². The van der Waals surface area contributed by atoms with E-state index in [1.807, 2.05) is 32.8 Å². The van der Waals surface area contributed by atoms with E-state index >= 15 is 0 Å². The molecule has 4 heteroatoms. The van der Waals surface area contributed by atoms with Crippen molar-refractivity contribution in [2.45, 2.75) is 25.1 Å². The summed E-state index contributed by atoms with van der Waals surface area (Å²) in [7, 11) is 4.09. The van der Waals surface area contributed by atoms with E-state index in [9.17, 15) is 4.79 Å². The molecule has 0 aliphatic rings. The first-order valence-electron chi connectivity index (χ1n) is 5.06. The molecular weight excluding hydrogens is 244 g/mol. The number of rotatable bonds is 6. The second-order valence-electron chi connectivity index (χ2n) is 3.69. The van der Waals surface area contributed by atoms with Crippen molar-refractivity contribution < 1.29 is 4.79 Å². The van der Waals surface area contributed by atoms with Gasteiger partial charge in [0, 0.05) is 13.1 Å². The van der Waals surface area contributed by atoms with Crippen LogP contribution in [0.25, 0.3) is 0 Å². The topological polar surface area (TPSA) is 23.6 Å². The summed E-state index contributed by atoms with van der Waals surface area (Å²) in [6, 6.07) is 0. The highest BCUT2D eigenvalue weighted by atomic mass is 79.9. The molecule has 14 heavy (non-hydrogen) atoms. The van der Waals surface area contributed by atoms with Crippen LogP contribution in [-0.4, -0.2) is 54.3 Å². The third kappa shape index (κ3) is 5.60. The van der Waals surface area contributed by atoms with Crippen molar-refractivity contribution in [3.63, 3.8) is 0 Å². The molecule has 0 spiro atoms. The van der Waals surface area contributed by atoms with Crippen LogP contribution in [0.1, 0.15) is 20.3 Å². The van der Waals surface area contributed by atoms with E-state index in [2.05, 4.69) is 20.8 Å². The van der Waals surface area contributed by atoms with Crippen LogP contribution < -0.4 is 0 Å². The van der Waals surface area contributed by atoms with Gasteiger partial charge in [-0.05, 0) is 40.9 Å². The highest BCUT2D eigenvalue weighted by Crippen LogP contribution is 2.04. The van der Waals surface area contributed by atoms with Crippen molar-refractivity contribution in [2.75, 3.05) is 33.7 Å². The lowest BCUT2D eigenvalue weighted by atomic mass is 10.3. The minimum atomic E-state index is -0.0678. The average Bonchev–Trinajstić information content (AvgIpc) is 2.10. The standard InChI is InChI=1S/C10H21BrN2O/c1-5-13(10(14)9(2)11)8-6-7-12(3)4/h9H,5-8H2,1-4H3. The second kappa shape index (κ2) is 7.23. The fourth-order valence-electron chi connectivity index (χ4n) is 1.25. The Morgan fingerprint density at radius 1 is 1.36 bits per heavy atom. The average molecular weight is 265 g/mol. The lowest BCUT2D eigenvalue weighted by Gasteiger charge is -2.23. The molecule has 0 radical (unpaired) electrons. The fraction of sp³-hybridized carbons (Fsp3) is 0.900. The minimum absolute atomic E-state index is 0.0678. The van der Waals surface area contributed by atoms with E-state index in [1.54, 1.807) is 0 Å². The smallest absolute Gasteiger partial charge is 0.236 e. The summed E-state index contributed by atoms with van der Waals surface area (Å²) < 4.78 is 0. The normalized spacial score (nSPS) is 13.0. The molecule has 0 aromatic heterocycles. The van der Waals surface area contributed by atoms with Crippen LogP contribution in [-0.2, 0) is 4.79 Å². The molecule has 0 aliphatic carbocycles. The number of hydrogen-bond donors (Lipinski definition) is 0. The van der Waals surface area contributed by atoms with Crippen molar-refractivity contribution >= 4 is 21.8 Å². The van der Waals surface area contributed by atoms with Crippen LogP contribution in [0.5, 0.6) is 0 Å². The number of alkyl halides is 1. The quantitative estimate of drug-likeness (QED) is 0.681. The van der Waals surface area contributed by atoms with Crippen LogP contribution in [0.2, 0.25) is 0 Å². The highest BCUT2D eigenvalue weighted by molar-refractivity contribution is 9.10. The molecule has 0 N–H and O–H groups in total.